The second-order valence-corrected chi connectivity index (χ2v) is 5.37. The fourth-order valence-corrected chi connectivity index (χ4v) is 2.68. The van der Waals surface area contributed by atoms with E-state index in [4.69, 9.17) is 4.74 Å². The summed E-state index contributed by atoms with van der Waals surface area (Å²) in [6.07, 6.45) is 2.62. The first-order chi connectivity index (χ1) is 9.75. The smallest absolute Gasteiger partial charge is 0.133 e. The molecule has 0 saturated carbocycles. The van der Waals surface area contributed by atoms with Crippen molar-refractivity contribution in [1.29, 1.82) is 0 Å². The fraction of sp³-hybridized carbons (Fsp3) is 0.467. The number of benzene rings is 1. The molecule has 2 atom stereocenters. The van der Waals surface area contributed by atoms with Crippen molar-refractivity contribution >= 4 is 0 Å². The lowest BCUT2D eigenvalue weighted by Crippen LogP contribution is -2.35. The minimum atomic E-state index is 0.341. The van der Waals surface area contributed by atoms with Gasteiger partial charge in [-0.25, -0.2) is 0 Å². The largest absolute Gasteiger partial charge is 0.493 e. The van der Waals surface area contributed by atoms with Crippen LogP contribution in [-0.4, -0.2) is 27.9 Å². The maximum absolute atomic E-state index is 5.77. The zero-order chi connectivity index (χ0) is 13.9. The highest BCUT2D eigenvalue weighted by molar-refractivity contribution is 5.37. The summed E-state index contributed by atoms with van der Waals surface area (Å²) in [7, 11) is 1.97. The molecule has 2 aromatic rings. The Morgan fingerprint density at radius 1 is 1.40 bits per heavy atom. The highest BCUT2D eigenvalue weighted by atomic mass is 16.5. The Bertz CT molecular complexity index is 581. The van der Waals surface area contributed by atoms with Gasteiger partial charge in [0.2, 0.25) is 0 Å². The first-order valence-corrected chi connectivity index (χ1v) is 7.03. The van der Waals surface area contributed by atoms with Gasteiger partial charge in [-0.15, -0.1) is 10.2 Å². The van der Waals surface area contributed by atoms with Gasteiger partial charge in [-0.3, -0.25) is 0 Å². The van der Waals surface area contributed by atoms with Crippen molar-refractivity contribution in [3.63, 3.8) is 0 Å². The lowest BCUT2D eigenvalue weighted by molar-refractivity contribution is 0.189. The molecular weight excluding hydrogens is 252 g/mol. The predicted octanol–water partition coefficient (Wildman–Crippen LogP) is 1.72. The molecule has 1 aromatic heterocycles. The second kappa shape index (κ2) is 5.63. The maximum atomic E-state index is 5.77. The summed E-state index contributed by atoms with van der Waals surface area (Å²) in [5, 5.41) is 11.6. The van der Waals surface area contributed by atoms with E-state index < -0.39 is 0 Å². The van der Waals surface area contributed by atoms with Crippen LogP contribution in [-0.2, 0) is 13.5 Å². The number of rotatable bonds is 4. The second-order valence-electron chi connectivity index (χ2n) is 5.37. The van der Waals surface area contributed by atoms with Crippen LogP contribution < -0.4 is 10.1 Å². The van der Waals surface area contributed by atoms with E-state index in [1.807, 2.05) is 23.7 Å². The zero-order valence-electron chi connectivity index (χ0n) is 11.9. The van der Waals surface area contributed by atoms with Gasteiger partial charge >= 0.3 is 0 Å². The SMILES string of the molecule is CC1COc2ccccc2C1NCCc1nncn1C. The lowest BCUT2D eigenvalue weighted by Gasteiger charge is -2.32. The summed E-state index contributed by atoms with van der Waals surface area (Å²) in [4.78, 5) is 0. The quantitative estimate of drug-likeness (QED) is 0.920. The van der Waals surface area contributed by atoms with Gasteiger partial charge in [0.05, 0.1) is 6.61 Å². The third-order valence-electron chi connectivity index (χ3n) is 3.84. The van der Waals surface area contributed by atoms with Crippen molar-refractivity contribution in [2.24, 2.45) is 13.0 Å². The van der Waals surface area contributed by atoms with Crippen molar-refractivity contribution in [1.82, 2.24) is 20.1 Å². The van der Waals surface area contributed by atoms with Crippen LogP contribution in [0.3, 0.4) is 0 Å². The van der Waals surface area contributed by atoms with Crippen molar-refractivity contribution in [3.8, 4) is 5.75 Å². The van der Waals surface area contributed by atoms with Crippen LogP contribution in [0.15, 0.2) is 30.6 Å². The molecule has 0 fully saturated rings. The molecule has 2 heterocycles. The van der Waals surface area contributed by atoms with Gasteiger partial charge < -0.3 is 14.6 Å². The minimum absolute atomic E-state index is 0.341. The van der Waals surface area contributed by atoms with Crippen LogP contribution in [0.2, 0.25) is 0 Å². The molecule has 0 aliphatic carbocycles. The molecule has 5 heteroatoms. The Morgan fingerprint density at radius 3 is 3.05 bits per heavy atom. The normalized spacial score (nSPS) is 21.3. The molecule has 20 heavy (non-hydrogen) atoms. The van der Waals surface area contributed by atoms with Gasteiger partial charge in [0.1, 0.15) is 17.9 Å². The monoisotopic (exact) mass is 272 g/mol. The van der Waals surface area contributed by atoms with Crippen LogP contribution in [0, 0.1) is 5.92 Å². The molecule has 3 rings (SSSR count). The number of hydrogen-bond acceptors (Lipinski definition) is 4. The molecule has 0 spiro atoms. The fourth-order valence-electron chi connectivity index (χ4n) is 2.68. The molecule has 0 saturated heterocycles. The molecule has 2 unspecified atom stereocenters. The van der Waals surface area contributed by atoms with Crippen LogP contribution in [0.5, 0.6) is 5.75 Å². The lowest BCUT2D eigenvalue weighted by atomic mass is 9.92. The topological polar surface area (TPSA) is 52.0 Å². The van der Waals surface area contributed by atoms with Gasteiger partial charge in [0.25, 0.3) is 0 Å². The number of fused-ring (bicyclic) bond motifs is 1. The van der Waals surface area contributed by atoms with Crippen LogP contribution >= 0.6 is 0 Å². The van der Waals surface area contributed by atoms with Gasteiger partial charge in [-0.1, -0.05) is 25.1 Å². The number of ether oxygens (including phenoxy) is 1. The first-order valence-electron chi connectivity index (χ1n) is 7.03. The summed E-state index contributed by atoms with van der Waals surface area (Å²) >= 11 is 0. The Hall–Kier alpha value is -1.88. The van der Waals surface area contributed by atoms with Gasteiger partial charge in [0.15, 0.2) is 0 Å². The van der Waals surface area contributed by atoms with Crippen molar-refractivity contribution in [2.45, 2.75) is 19.4 Å². The van der Waals surface area contributed by atoms with Crippen LogP contribution in [0.25, 0.3) is 0 Å². The van der Waals surface area contributed by atoms with Crippen LogP contribution in [0.4, 0.5) is 0 Å². The Balaban J connectivity index is 1.66. The first kappa shape index (κ1) is 13.1. The van der Waals surface area contributed by atoms with Gasteiger partial charge in [-0.2, -0.15) is 0 Å². The molecule has 0 radical (unpaired) electrons. The Morgan fingerprint density at radius 2 is 2.25 bits per heavy atom. The van der Waals surface area contributed by atoms with E-state index in [2.05, 4.69) is 34.6 Å². The van der Waals surface area contributed by atoms with E-state index >= 15 is 0 Å². The van der Waals surface area contributed by atoms with E-state index in [0.717, 1.165) is 31.1 Å². The van der Waals surface area contributed by atoms with Crippen molar-refractivity contribution in [2.75, 3.05) is 13.2 Å². The summed E-state index contributed by atoms with van der Waals surface area (Å²) in [6.45, 7) is 3.87. The van der Waals surface area contributed by atoms with Gasteiger partial charge in [0, 0.05) is 37.5 Å². The molecule has 1 aliphatic rings. The van der Waals surface area contributed by atoms with E-state index in [-0.39, 0.29) is 0 Å². The average Bonchev–Trinajstić information content (AvgIpc) is 2.87. The standard InChI is InChI=1S/C15H20N4O/c1-11-9-20-13-6-4-3-5-12(13)15(11)16-8-7-14-18-17-10-19(14)2/h3-6,10-11,15-16H,7-9H2,1-2H3. The number of nitrogens with zero attached hydrogens (tertiary/aromatic N) is 3. The number of hydrogen-bond donors (Lipinski definition) is 1. The maximum Gasteiger partial charge on any atom is 0.133 e. The van der Waals surface area contributed by atoms with Crippen molar-refractivity contribution < 1.29 is 4.74 Å². The zero-order valence-corrected chi connectivity index (χ0v) is 11.9. The van der Waals surface area contributed by atoms with Gasteiger partial charge in [-0.05, 0) is 6.07 Å². The number of para-hydroxylation sites is 1. The molecular formula is C15H20N4O. The molecule has 5 nitrogen and oxygen atoms in total. The number of aromatic nitrogens is 3. The van der Waals surface area contributed by atoms with E-state index in [9.17, 15) is 0 Å². The molecule has 0 amide bonds. The Labute approximate surface area is 119 Å². The third kappa shape index (κ3) is 2.54. The highest BCUT2D eigenvalue weighted by Crippen LogP contribution is 2.34. The van der Waals surface area contributed by atoms with Crippen molar-refractivity contribution in [3.05, 3.63) is 42.0 Å². The molecule has 1 aromatic carbocycles. The average molecular weight is 272 g/mol. The van der Waals surface area contributed by atoms with E-state index in [1.54, 1.807) is 6.33 Å². The summed E-state index contributed by atoms with van der Waals surface area (Å²) in [5.41, 5.74) is 1.25. The molecule has 1 N–H and O–H groups in total. The summed E-state index contributed by atoms with van der Waals surface area (Å²) in [5.74, 6) is 2.47. The molecule has 106 valence electrons. The third-order valence-corrected chi connectivity index (χ3v) is 3.84. The number of aryl methyl sites for hydroxylation is 1. The minimum Gasteiger partial charge on any atom is -0.493 e. The highest BCUT2D eigenvalue weighted by Gasteiger charge is 2.26. The summed E-state index contributed by atoms with van der Waals surface area (Å²) in [6, 6.07) is 8.61. The molecule has 1 aliphatic heterocycles. The van der Waals surface area contributed by atoms with Crippen LogP contribution in [0.1, 0.15) is 24.4 Å². The number of nitrogens with one attached hydrogen (secondary N) is 1. The predicted molar refractivity (Wildman–Crippen MR) is 76.6 cm³/mol. The van der Waals surface area contributed by atoms with E-state index in [0.29, 0.717) is 12.0 Å². The van der Waals surface area contributed by atoms with E-state index in [1.165, 1.54) is 5.56 Å². The molecule has 0 bridgehead atoms. The Kier molecular flexibility index (Phi) is 3.69. The summed E-state index contributed by atoms with van der Waals surface area (Å²) < 4.78 is 7.73.